The fraction of sp³-hybridized carbons (Fsp3) is 0.500. The monoisotopic (exact) mass is 469 g/mol. The first-order chi connectivity index (χ1) is 15.5. The van der Waals surface area contributed by atoms with E-state index >= 15 is 0 Å². The minimum Gasteiger partial charge on any atom is -0.481 e. The summed E-state index contributed by atoms with van der Waals surface area (Å²) >= 11 is 0. The summed E-state index contributed by atoms with van der Waals surface area (Å²) in [6.07, 6.45) is 1.59. The fourth-order valence-corrected chi connectivity index (χ4v) is 2.62. The first-order valence-electron chi connectivity index (χ1n) is 9.82. The van der Waals surface area contributed by atoms with Crippen molar-refractivity contribution in [2.24, 2.45) is 11.5 Å². The van der Waals surface area contributed by atoms with Crippen molar-refractivity contribution < 1.29 is 39.0 Å². The zero-order valence-electron chi connectivity index (χ0n) is 17.6. The van der Waals surface area contributed by atoms with Gasteiger partial charge in [-0.25, -0.2) is 9.78 Å². The Morgan fingerprint density at radius 2 is 1.67 bits per heavy atom. The first-order valence-corrected chi connectivity index (χ1v) is 9.82. The van der Waals surface area contributed by atoms with Crippen molar-refractivity contribution in [2.75, 3.05) is 6.54 Å². The normalized spacial score (nSPS) is 13.2. The lowest BCUT2D eigenvalue weighted by Gasteiger charge is -2.21. The third-order valence-electron chi connectivity index (χ3n) is 4.35. The number of imidazole rings is 1. The Morgan fingerprint density at radius 3 is 2.21 bits per heavy atom. The van der Waals surface area contributed by atoms with Crippen LogP contribution in [0.2, 0.25) is 0 Å². The molecule has 0 radical (unpaired) electrons. The average molecular weight is 469 g/mol. The van der Waals surface area contributed by atoms with Crippen molar-refractivity contribution in [1.82, 2.24) is 25.9 Å². The molecule has 0 aliphatic carbocycles. The predicted molar refractivity (Wildman–Crippen MR) is 110 cm³/mol. The van der Waals surface area contributed by atoms with Crippen LogP contribution in [0.3, 0.4) is 0 Å². The highest BCUT2D eigenvalue weighted by atomic mass is 16.4. The fourth-order valence-electron chi connectivity index (χ4n) is 2.62. The van der Waals surface area contributed by atoms with E-state index in [2.05, 4.69) is 25.9 Å². The quantitative estimate of drug-likeness (QED) is 0.126. The Morgan fingerprint density at radius 1 is 1.00 bits per heavy atom. The van der Waals surface area contributed by atoms with Crippen LogP contribution in [0.25, 0.3) is 0 Å². The molecule has 0 spiro atoms. The minimum absolute atomic E-state index is 0.138. The number of carbonyl (C=O) groups is 6. The van der Waals surface area contributed by atoms with Gasteiger partial charge in [0, 0.05) is 31.2 Å². The molecule has 15 nitrogen and oxygen atoms in total. The number of nitrogens with two attached hydrogens (primary N) is 2. The molecule has 0 saturated carbocycles. The van der Waals surface area contributed by atoms with E-state index in [9.17, 15) is 33.9 Å². The molecule has 0 aliphatic heterocycles. The molecule has 15 heteroatoms. The van der Waals surface area contributed by atoms with Gasteiger partial charge in [-0.05, 0) is 12.8 Å². The highest BCUT2D eigenvalue weighted by Gasteiger charge is 2.27. The lowest BCUT2D eigenvalue weighted by atomic mass is 10.1. The number of H-pyrrole nitrogens is 1. The lowest BCUT2D eigenvalue weighted by molar-refractivity contribution is -0.143. The molecule has 0 saturated heterocycles. The van der Waals surface area contributed by atoms with Crippen LogP contribution >= 0.6 is 0 Å². The Balaban J connectivity index is 2.67. The molecule has 0 aromatic carbocycles. The third-order valence-corrected chi connectivity index (χ3v) is 4.35. The number of carboxylic acids is 2. The van der Waals surface area contributed by atoms with E-state index in [0.29, 0.717) is 5.69 Å². The molecule has 1 heterocycles. The second kappa shape index (κ2) is 13.4. The summed E-state index contributed by atoms with van der Waals surface area (Å²) in [5.74, 6) is -5.90. The first kappa shape index (κ1) is 27.0. The van der Waals surface area contributed by atoms with Gasteiger partial charge < -0.3 is 42.6 Å². The maximum atomic E-state index is 12.5. The maximum Gasteiger partial charge on any atom is 0.326 e. The maximum absolute atomic E-state index is 12.5. The predicted octanol–water partition coefficient (Wildman–Crippen LogP) is -3.42. The number of primary amides is 1. The van der Waals surface area contributed by atoms with Gasteiger partial charge in [-0.15, -0.1) is 0 Å². The smallest absolute Gasteiger partial charge is 0.326 e. The number of nitrogens with one attached hydrogen (secondary N) is 4. The van der Waals surface area contributed by atoms with Crippen molar-refractivity contribution in [1.29, 1.82) is 0 Å². The van der Waals surface area contributed by atoms with E-state index in [1.807, 2.05) is 0 Å². The zero-order valence-corrected chi connectivity index (χ0v) is 17.6. The summed E-state index contributed by atoms with van der Waals surface area (Å²) in [7, 11) is 0. The summed E-state index contributed by atoms with van der Waals surface area (Å²) < 4.78 is 0. The van der Waals surface area contributed by atoms with E-state index in [-0.39, 0.29) is 25.7 Å². The number of carbonyl (C=O) groups excluding carboxylic acids is 4. The molecule has 182 valence electrons. The Labute approximate surface area is 187 Å². The average Bonchev–Trinajstić information content (AvgIpc) is 3.24. The number of amides is 4. The van der Waals surface area contributed by atoms with E-state index in [1.165, 1.54) is 12.5 Å². The molecular formula is C18H27N7O8. The van der Waals surface area contributed by atoms with Gasteiger partial charge >= 0.3 is 11.9 Å². The number of aromatic amines is 1. The van der Waals surface area contributed by atoms with Crippen LogP contribution in [0.4, 0.5) is 0 Å². The number of hydrogen-bond acceptors (Lipinski definition) is 8. The summed E-state index contributed by atoms with van der Waals surface area (Å²) in [6, 6.07) is -3.86. The molecular weight excluding hydrogens is 442 g/mol. The third kappa shape index (κ3) is 10.7. The van der Waals surface area contributed by atoms with Crippen molar-refractivity contribution in [3.05, 3.63) is 18.2 Å². The van der Waals surface area contributed by atoms with Crippen molar-refractivity contribution in [3.8, 4) is 0 Å². The van der Waals surface area contributed by atoms with Gasteiger partial charge in [0.1, 0.15) is 12.1 Å². The molecule has 0 aliphatic rings. The molecule has 3 unspecified atom stereocenters. The molecule has 4 amide bonds. The van der Waals surface area contributed by atoms with Gasteiger partial charge in [0.05, 0.1) is 18.9 Å². The largest absolute Gasteiger partial charge is 0.481 e. The van der Waals surface area contributed by atoms with Crippen LogP contribution in [-0.4, -0.2) is 80.4 Å². The highest BCUT2D eigenvalue weighted by Crippen LogP contribution is 2.03. The summed E-state index contributed by atoms with van der Waals surface area (Å²) in [5.41, 5.74) is 11.3. The summed E-state index contributed by atoms with van der Waals surface area (Å²) in [5, 5.41) is 24.7. The molecule has 1 rings (SSSR count). The number of aromatic nitrogens is 2. The Kier molecular flexibility index (Phi) is 11.0. The van der Waals surface area contributed by atoms with Crippen molar-refractivity contribution >= 4 is 35.6 Å². The molecule has 0 fully saturated rings. The number of rotatable bonds is 15. The molecule has 1 aromatic heterocycles. The number of carboxylic acid groups (broad SMARTS) is 2. The minimum atomic E-state index is -1.48. The van der Waals surface area contributed by atoms with Crippen molar-refractivity contribution in [3.63, 3.8) is 0 Å². The number of aliphatic carboxylic acids is 2. The number of hydrogen-bond donors (Lipinski definition) is 8. The van der Waals surface area contributed by atoms with Gasteiger partial charge in [0.2, 0.25) is 23.6 Å². The summed E-state index contributed by atoms with van der Waals surface area (Å²) in [6.45, 7) is -0.559. The van der Waals surface area contributed by atoms with Crippen LogP contribution in [-0.2, 0) is 35.2 Å². The van der Waals surface area contributed by atoms with Gasteiger partial charge in [0.15, 0.2) is 0 Å². The van der Waals surface area contributed by atoms with Crippen LogP contribution in [0.5, 0.6) is 0 Å². The lowest BCUT2D eigenvalue weighted by Crippen LogP contribution is -2.54. The Bertz CT molecular complexity index is 858. The van der Waals surface area contributed by atoms with Gasteiger partial charge in [-0.1, -0.05) is 0 Å². The SMILES string of the molecule is NC(=O)CCC(NC(=O)C(CCC(=O)O)NC(=O)CNC(=O)C(N)Cc1cnc[nH]1)C(=O)O. The molecule has 10 N–H and O–H groups in total. The van der Waals surface area contributed by atoms with Crippen LogP contribution in [0.1, 0.15) is 31.4 Å². The second-order valence-electron chi connectivity index (χ2n) is 7.06. The van der Waals surface area contributed by atoms with Crippen LogP contribution in [0, 0.1) is 0 Å². The molecule has 1 aromatic rings. The van der Waals surface area contributed by atoms with Crippen molar-refractivity contribution in [2.45, 2.75) is 50.2 Å². The van der Waals surface area contributed by atoms with E-state index in [4.69, 9.17) is 16.6 Å². The van der Waals surface area contributed by atoms with E-state index in [0.717, 1.165) is 0 Å². The van der Waals surface area contributed by atoms with Crippen LogP contribution < -0.4 is 27.4 Å². The van der Waals surface area contributed by atoms with Gasteiger partial charge in [-0.3, -0.25) is 24.0 Å². The topological polar surface area (TPSA) is 260 Å². The number of nitrogens with zero attached hydrogens (tertiary/aromatic N) is 1. The molecule has 0 bridgehead atoms. The Hall–Kier alpha value is -4.01. The standard InChI is InChI=1S/C18H27N7O8/c19-10(5-9-6-21-8-23-9)16(30)22-7-14(27)24-11(2-4-15(28)29)17(31)25-12(18(32)33)1-3-13(20)26/h6,8,10-12H,1-5,7,19H2,(H2,20,26)(H,21,23)(H,22,30)(H,24,27)(H,25,31)(H,28,29)(H,32,33). The van der Waals surface area contributed by atoms with Gasteiger partial charge in [-0.2, -0.15) is 0 Å². The molecule has 3 atom stereocenters. The van der Waals surface area contributed by atoms with E-state index in [1.54, 1.807) is 0 Å². The highest BCUT2D eigenvalue weighted by molar-refractivity contribution is 5.92. The second-order valence-corrected chi connectivity index (χ2v) is 7.06. The van der Waals surface area contributed by atoms with Gasteiger partial charge in [0.25, 0.3) is 0 Å². The zero-order chi connectivity index (χ0) is 25.0. The van der Waals surface area contributed by atoms with Crippen LogP contribution in [0.15, 0.2) is 12.5 Å². The summed E-state index contributed by atoms with van der Waals surface area (Å²) in [4.78, 5) is 76.3. The van der Waals surface area contributed by atoms with E-state index < -0.39 is 66.7 Å². The molecule has 33 heavy (non-hydrogen) atoms.